The number of pyridine rings is 1. The highest BCUT2D eigenvalue weighted by molar-refractivity contribution is 5.78. The molecule has 2 nitrogen and oxygen atoms in total. The molecule has 1 atom stereocenters. The number of fused-ring (bicyclic) bond motifs is 1. The second kappa shape index (κ2) is 3.60. The van der Waals surface area contributed by atoms with E-state index in [1.165, 1.54) is 6.08 Å². The molecule has 1 unspecified atom stereocenters. The minimum absolute atomic E-state index is 0.610. The molecule has 1 N–H and O–H groups in total. The normalized spacial score (nSPS) is 12.6. The van der Waals surface area contributed by atoms with Crippen molar-refractivity contribution >= 4 is 10.9 Å². The highest BCUT2D eigenvalue weighted by Gasteiger charge is 2.03. The number of benzene rings is 1. The first-order valence-electron chi connectivity index (χ1n) is 4.46. The van der Waals surface area contributed by atoms with Crippen molar-refractivity contribution in [2.75, 3.05) is 0 Å². The number of nitrogens with zero attached hydrogens (tertiary/aromatic N) is 1. The molecule has 0 spiro atoms. The molecule has 0 fully saturated rings. The van der Waals surface area contributed by atoms with Gasteiger partial charge < -0.3 is 5.11 Å². The molecule has 0 aliphatic rings. The molecule has 1 aromatic heterocycles. The Labute approximate surface area is 82.5 Å². The van der Waals surface area contributed by atoms with Gasteiger partial charge >= 0.3 is 0 Å². The van der Waals surface area contributed by atoms with E-state index in [0.717, 1.165) is 16.5 Å². The SMILES string of the molecule is C=CC(O)c1ccc2cccnc2c1. The standard InChI is InChI=1S/C12H11NO/c1-2-12(14)10-6-5-9-4-3-7-13-11(9)8-10/h2-8,12,14H,1H2. The lowest BCUT2D eigenvalue weighted by Crippen LogP contribution is -1.92. The Morgan fingerprint density at radius 1 is 1.36 bits per heavy atom. The van der Waals surface area contributed by atoms with Gasteiger partial charge in [-0.25, -0.2) is 0 Å². The first kappa shape index (κ1) is 8.91. The fourth-order valence-corrected chi connectivity index (χ4v) is 1.40. The maximum atomic E-state index is 9.54. The summed E-state index contributed by atoms with van der Waals surface area (Å²) in [4.78, 5) is 4.21. The van der Waals surface area contributed by atoms with Gasteiger partial charge in [0.05, 0.1) is 11.6 Å². The summed E-state index contributed by atoms with van der Waals surface area (Å²) < 4.78 is 0. The second-order valence-corrected chi connectivity index (χ2v) is 3.14. The number of rotatable bonds is 2. The predicted molar refractivity (Wildman–Crippen MR) is 56.9 cm³/mol. The summed E-state index contributed by atoms with van der Waals surface area (Å²) in [6, 6.07) is 9.60. The zero-order chi connectivity index (χ0) is 9.97. The third kappa shape index (κ3) is 1.52. The molecule has 0 aliphatic carbocycles. The average Bonchev–Trinajstić information content (AvgIpc) is 2.27. The lowest BCUT2D eigenvalue weighted by Gasteiger charge is -2.05. The highest BCUT2D eigenvalue weighted by Crippen LogP contribution is 2.18. The van der Waals surface area contributed by atoms with E-state index in [2.05, 4.69) is 11.6 Å². The van der Waals surface area contributed by atoms with Gasteiger partial charge in [0.25, 0.3) is 0 Å². The maximum Gasteiger partial charge on any atom is 0.0969 e. The van der Waals surface area contributed by atoms with Crippen LogP contribution in [0.3, 0.4) is 0 Å². The second-order valence-electron chi connectivity index (χ2n) is 3.14. The smallest absolute Gasteiger partial charge is 0.0969 e. The van der Waals surface area contributed by atoms with Crippen molar-refractivity contribution in [3.63, 3.8) is 0 Å². The van der Waals surface area contributed by atoms with Gasteiger partial charge in [-0.2, -0.15) is 0 Å². The lowest BCUT2D eigenvalue weighted by atomic mass is 10.1. The molecule has 0 aliphatic heterocycles. The number of hydrogen-bond acceptors (Lipinski definition) is 2. The minimum atomic E-state index is -0.610. The summed E-state index contributed by atoms with van der Waals surface area (Å²) in [5, 5.41) is 10.6. The summed E-state index contributed by atoms with van der Waals surface area (Å²) in [5.41, 5.74) is 1.72. The number of aliphatic hydroxyl groups excluding tert-OH is 1. The third-order valence-electron chi connectivity index (χ3n) is 2.19. The van der Waals surface area contributed by atoms with Crippen LogP contribution in [0, 0.1) is 0 Å². The lowest BCUT2D eigenvalue weighted by molar-refractivity contribution is 0.229. The van der Waals surface area contributed by atoms with E-state index in [0.29, 0.717) is 0 Å². The largest absolute Gasteiger partial charge is 0.384 e. The molecule has 2 heteroatoms. The van der Waals surface area contributed by atoms with E-state index < -0.39 is 6.10 Å². The van der Waals surface area contributed by atoms with Gasteiger partial charge in [-0.3, -0.25) is 4.98 Å². The van der Waals surface area contributed by atoms with Gasteiger partial charge in [0, 0.05) is 11.6 Å². The van der Waals surface area contributed by atoms with E-state index in [4.69, 9.17) is 0 Å². The van der Waals surface area contributed by atoms with E-state index in [1.54, 1.807) is 6.20 Å². The van der Waals surface area contributed by atoms with Crippen molar-refractivity contribution in [1.29, 1.82) is 0 Å². The zero-order valence-corrected chi connectivity index (χ0v) is 7.72. The van der Waals surface area contributed by atoms with E-state index in [1.807, 2.05) is 30.3 Å². The van der Waals surface area contributed by atoms with Crippen LogP contribution >= 0.6 is 0 Å². The minimum Gasteiger partial charge on any atom is -0.384 e. The molecule has 0 saturated carbocycles. The first-order chi connectivity index (χ1) is 6.81. The van der Waals surface area contributed by atoms with Crippen LogP contribution in [0.15, 0.2) is 49.2 Å². The van der Waals surface area contributed by atoms with Gasteiger partial charge in [0.15, 0.2) is 0 Å². The van der Waals surface area contributed by atoms with Gasteiger partial charge in [0.2, 0.25) is 0 Å². The Morgan fingerprint density at radius 2 is 2.21 bits per heavy atom. The van der Waals surface area contributed by atoms with Gasteiger partial charge in [-0.1, -0.05) is 24.3 Å². The Balaban J connectivity index is 2.56. The summed E-state index contributed by atoms with van der Waals surface area (Å²) in [6.45, 7) is 3.55. The van der Waals surface area contributed by atoms with E-state index in [9.17, 15) is 5.11 Å². The van der Waals surface area contributed by atoms with Gasteiger partial charge in [-0.05, 0) is 17.7 Å². The van der Waals surface area contributed by atoms with Crippen LogP contribution in [-0.2, 0) is 0 Å². The molecule has 2 aromatic rings. The molecular formula is C12H11NO. The van der Waals surface area contributed by atoms with Crippen LogP contribution in [0.25, 0.3) is 10.9 Å². The van der Waals surface area contributed by atoms with Crippen molar-refractivity contribution in [2.45, 2.75) is 6.10 Å². The molecule has 0 radical (unpaired) electrons. The summed E-state index contributed by atoms with van der Waals surface area (Å²) >= 11 is 0. The first-order valence-corrected chi connectivity index (χ1v) is 4.46. The molecule has 0 saturated heterocycles. The molecule has 14 heavy (non-hydrogen) atoms. The Bertz CT molecular complexity index is 465. The van der Waals surface area contributed by atoms with Crippen molar-refractivity contribution < 1.29 is 5.11 Å². The van der Waals surface area contributed by atoms with Gasteiger partial charge in [-0.15, -0.1) is 6.58 Å². The fourth-order valence-electron chi connectivity index (χ4n) is 1.40. The van der Waals surface area contributed by atoms with Crippen molar-refractivity contribution in [3.8, 4) is 0 Å². The Hall–Kier alpha value is -1.67. The molecule has 1 aromatic carbocycles. The highest BCUT2D eigenvalue weighted by atomic mass is 16.3. The quantitative estimate of drug-likeness (QED) is 0.729. The van der Waals surface area contributed by atoms with E-state index >= 15 is 0 Å². The topological polar surface area (TPSA) is 33.1 Å². The molecule has 70 valence electrons. The van der Waals surface area contributed by atoms with E-state index in [-0.39, 0.29) is 0 Å². The molecule has 0 bridgehead atoms. The Morgan fingerprint density at radius 3 is 3.00 bits per heavy atom. The van der Waals surface area contributed by atoms with Crippen LogP contribution < -0.4 is 0 Å². The average molecular weight is 185 g/mol. The number of aromatic nitrogens is 1. The predicted octanol–water partition coefficient (Wildman–Crippen LogP) is 2.45. The third-order valence-corrected chi connectivity index (χ3v) is 2.19. The van der Waals surface area contributed by atoms with Crippen LogP contribution in [0.2, 0.25) is 0 Å². The van der Waals surface area contributed by atoms with Crippen LogP contribution in [-0.4, -0.2) is 10.1 Å². The fraction of sp³-hybridized carbons (Fsp3) is 0.0833. The molecule has 1 heterocycles. The molecular weight excluding hydrogens is 174 g/mol. The van der Waals surface area contributed by atoms with Gasteiger partial charge in [0.1, 0.15) is 0 Å². The van der Waals surface area contributed by atoms with Crippen molar-refractivity contribution in [3.05, 3.63) is 54.7 Å². The summed E-state index contributed by atoms with van der Waals surface area (Å²) in [6.07, 6.45) is 2.64. The Kier molecular flexibility index (Phi) is 2.29. The van der Waals surface area contributed by atoms with Crippen LogP contribution in [0.1, 0.15) is 11.7 Å². The monoisotopic (exact) mass is 185 g/mol. The van der Waals surface area contributed by atoms with Crippen LogP contribution in [0.5, 0.6) is 0 Å². The zero-order valence-electron chi connectivity index (χ0n) is 7.72. The number of aliphatic hydroxyl groups is 1. The maximum absolute atomic E-state index is 9.54. The van der Waals surface area contributed by atoms with Crippen molar-refractivity contribution in [1.82, 2.24) is 4.98 Å². The summed E-state index contributed by atoms with van der Waals surface area (Å²) in [7, 11) is 0. The molecule has 0 amide bonds. The number of hydrogen-bond donors (Lipinski definition) is 1. The summed E-state index contributed by atoms with van der Waals surface area (Å²) in [5.74, 6) is 0. The van der Waals surface area contributed by atoms with Crippen molar-refractivity contribution in [2.24, 2.45) is 0 Å². The molecule has 2 rings (SSSR count). The van der Waals surface area contributed by atoms with Crippen LogP contribution in [0.4, 0.5) is 0 Å².